The van der Waals surface area contributed by atoms with E-state index in [0.29, 0.717) is 37.2 Å². The van der Waals surface area contributed by atoms with Gasteiger partial charge in [0.05, 0.1) is 6.54 Å². The zero-order valence-corrected chi connectivity index (χ0v) is 14.6. The Morgan fingerprint density at radius 2 is 2.05 bits per heavy atom. The fourth-order valence-electron chi connectivity index (χ4n) is 1.91. The van der Waals surface area contributed by atoms with Crippen LogP contribution in [0.2, 0.25) is 0 Å². The van der Waals surface area contributed by atoms with Crippen LogP contribution < -0.4 is 0 Å². The van der Waals surface area contributed by atoms with Crippen LogP contribution in [0.3, 0.4) is 0 Å². The first-order valence-electron chi connectivity index (χ1n) is 7.22. The molecule has 1 rings (SSSR count). The summed E-state index contributed by atoms with van der Waals surface area (Å²) in [5, 5.41) is 13.0. The number of aromatic nitrogens is 2. The number of nitrogens with zero attached hydrogens (tertiary/aromatic N) is 3. The van der Waals surface area contributed by atoms with Gasteiger partial charge in [0.25, 0.3) is 0 Å². The first-order chi connectivity index (χ1) is 9.85. The van der Waals surface area contributed by atoms with Crippen LogP contribution in [-0.4, -0.2) is 45.8 Å². The summed E-state index contributed by atoms with van der Waals surface area (Å²) in [6.45, 7) is 8.76. The van der Waals surface area contributed by atoms with Crippen molar-refractivity contribution in [3.05, 3.63) is 11.7 Å². The first kappa shape index (κ1) is 20.8. The van der Waals surface area contributed by atoms with E-state index in [0.717, 1.165) is 0 Å². The predicted octanol–water partition coefficient (Wildman–Crippen LogP) is 2.52. The first-order valence-corrected chi connectivity index (χ1v) is 7.22. The highest BCUT2D eigenvalue weighted by Crippen LogP contribution is 2.15. The van der Waals surface area contributed by atoms with E-state index in [1.165, 1.54) is 0 Å². The molecule has 2 atom stereocenters. The Balaban J connectivity index is 0.00000441. The smallest absolute Gasteiger partial charge is 0.320 e. The molecule has 0 aliphatic carbocycles. The molecular weight excluding hydrogens is 310 g/mol. The molecule has 1 aromatic heterocycles. The van der Waals surface area contributed by atoms with Gasteiger partial charge in [0.15, 0.2) is 5.82 Å². The summed E-state index contributed by atoms with van der Waals surface area (Å²) in [5.41, 5.74) is 0. The van der Waals surface area contributed by atoms with Crippen molar-refractivity contribution in [3.8, 4) is 0 Å². The van der Waals surface area contributed by atoms with E-state index >= 15 is 0 Å². The van der Waals surface area contributed by atoms with Gasteiger partial charge in [0.1, 0.15) is 12.1 Å². The zero-order valence-electron chi connectivity index (χ0n) is 13.8. The van der Waals surface area contributed by atoms with Crippen molar-refractivity contribution in [1.82, 2.24) is 15.0 Å². The van der Waals surface area contributed by atoms with Crippen molar-refractivity contribution < 1.29 is 19.2 Å². The summed E-state index contributed by atoms with van der Waals surface area (Å²) >= 11 is 0. The average Bonchev–Trinajstić information content (AvgIpc) is 2.84. The molecule has 128 valence electrons. The predicted molar refractivity (Wildman–Crippen MR) is 83.9 cm³/mol. The van der Waals surface area contributed by atoms with Crippen molar-refractivity contribution in [1.29, 1.82) is 0 Å². The van der Waals surface area contributed by atoms with Gasteiger partial charge in [-0.2, -0.15) is 4.98 Å². The highest BCUT2D eigenvalue weighted by molar-refractivity contribution is 5.85. The maximum atomic E-state index is 11.1. The molecule has 0 bridgehead atoms. The maximum absolute atomic E-state index is 11.1. The minimum atomic E-state index is -0.853. The number of hydrogen-bond donors (Lipinski definition) is 1. The number of carboxylic acids is 1. The summed E-state index contributed by atoms with van der Waals surface area (Å²) in [6.07, 6.45) is 0.275. The fourth-order valence-corrected chi connectivity index (χ4v) is 1.91. The van der Waals surface area contributed by atoms with E-state index in [1.807, 2.05) is 13.8 Å². The van der Waals surface area contributed by atoms with Gasteiger partial charge < -0.3 is 14.4 Å². The Bertz CT molecular complexity index is 453. The molecule has 1 aromatic rings. The second-order valence-corrected chi connectivity index (χ2v) is 5.59. The number of carboxylic acid groups (broad SMARTS) is 1. The highest BCUT2D eigenvalue weighted by Gasteiger charge is 2.23. The lowest BCUT2D eigenvalue weighted by Crippen LogP contribution is -2.37. The summed E-state index contributed by atoms with van der Waals surface area (Å²) in [5.74, 6) is 0.467. The van der Waals surface area contributed by atoms with E-state index in [9.17, 15) is 4.79 Å². The summed E-state index contributed by atoms with van der Waals surface area (Å²) in [7, 11) is 1.73. The van der Waals surface area contributed by atoms with E-state index in [-0.39, 0.29) is 18.5 Å². The molecule has 0 amide bonds. The quantitative estimate of drug-likeness (QED) is 0.741. The number of hydrogen-bond acceptors (Lipinski definition) is 6. The Morgan fingerprint density at radius 3 is 2.55 bits per heavy atom. The van der Waals surface area contributed by atoms with E-state index in [4.69, 9.17) is 14.4 Å². The maximum Gasteiger partial charge on any atom is 0.320 e. The molecular formula is C14H26ClN3O4. The normalized spacial score (nSPS) is 14.0. The molecule has 0 saturated heterocycles. The monoisotopic (exact) mass is 335 g/mol. The lowest BCUT2D eigenvalue weighted by atomic mass is 10.2. The Hall–Kier alpha value is -1.18. The van der Waals surface area contributed by atoms with Crippen molar-refractivity contribution in [2.24, 2.45) is 5.92 Å². The number of carbonyl (C=O) groups is 1. The molecule has 1 heterocycles. The third-order valence-electron chi connectivity index (χ3n) is 3.12. The molecule has 1 N–H and O–H groups in total. The van der Waals surface area contributed by atoms with Crippen LogP contribution in [-0.2, 0) is 16.1 Å². The highest BCUT2D eigenvalue weighted by atomic mass is 35.5. The third-order valence-corrected chi connectivity index (χ3v) is 3.12. The van der Waals surface area contributed by atoms with Crippen LogP contribution in [0.25, 0.3) is 0 Å². The molecule has 0 fully saturated rings. The molecule has 0 saturated carbocycles. The molecule has 8 heteroatoms. The topological polar surface area (TPSA) is 88.7 Å². The van der Waals surface area contributed by atoms with Gasteiger partial charge in [-0.3, -0.25) is 9.69 Å². The second-order valence-electron chi connectivity index (χ2n) is 5.59. The Labute approximate surface area is 137 Å². The molecule has 0 aliphatic rings. The summed E-state index contributed by atoms with van der Waals surface area (Å²) in [6, 6.07) is -0.560. The Kier molecular flexibility index (Phi) is 9.24. The number of halogens is 1. The van der Waals surface area contributed by atoms with E-state index in [2.05, 4.69) is 24.0 Å². The molecule has 0 aliphatic heterocycles. The number of aliphatic carboxylic acids is 1. The zero-order chi connectivity index (χ0) is 16.0. The van der Waals surface area contributed by atoms with Crippen molar-refractivity contribution >= 4 is 18.4 Å². The van der Waals surface area contributed by atoms with Crippen LogP contribution in [0.5, 0.6) is 0 Å². The van der Waals surface area contributed by atoms with E-state index in [1.54, 1.807) is 11.9 Å². The standard InChI is InChI=1S/C14H25N3O4.ClH/c1-6-11(14(18)19)17(5)7-12-15-13(16-21-12)10(4)20-8-9(2)3;/h9-11H,6-8H2,1-5H3,(H,18,19);1H. The average molecular weight is 336 g/mol. The van der Waals surface area contributed by atoms with Crippen molar-refractivity contribution in [2.75, 3.05) is 13.7 Å². The Morgan fingerprint density at radius 1 is 1.41 bits per heavy atom. The van der Waals surface area contributed by atoms with Crippen LogP contribution in [0.15, 0.2) is 4.52 Å². The van der Waals surface area contributed by atoms with Crippen LogP contribution >= 0.6 is 12.4 Å². The minimum Gasteiger partial charge on any atom is -0.480 e. The van der Waals surface area contributed by atoms with Gasteiger partial charge >= 0.3 is 5.97 Å². The van der Waals surface area contributed by atoms with Gasteiger partial charge in [-0.1, -0.05) is 25.9 Å². The summed E-state index contributed by atoms with van der Waals surface area (Å²) in [4.78, 5) is 17.0. The molecule has 0 radical (unpaired) electrons. The number of likely N-dealkylation sites (N-methyl/N-ethyl adjacent to an activating group) is 1. The minimum absolute atomic E-state index is 0. The SMILES string of the molecule is CCC(C(=O)O)N(C)Cc1nc(C(C)OCC(C)C)no1.Cl. The molecule has 7 nitrogen and oxygen atoms in total. The van der Waals surface area contributed by atoms with Gasteiger partial charge in [0.2, 0.25) is 5.89 Å². The van der Waals surface area contributed by atoms with Crippen LogP contribution in [0.1, 0.15) is 51.9 Å². The fraction of sp³-hybridized carbons (Fsp3) is 0.786. The summed E-state index contributed by atoms with van der Waals surface area (Å²) < 4.78 is 10.8. The van der Waals surface area contributed by atoms with Crippen molar-refractivity contribution in [3.63, 3.8) is 0 Å². The van der Waals surface area contributed by atoms with Crippen molar-refractivity contribution in [2.45, 2.75) is 52.8 Å². The molecule has 22 heavy (non-hydrogen) atoms. The van der Waals surface area contributed by atoms with Crippen LogP contribution in [0.4, 0.5) is 0 Å². The van der Waals surface area contributed by atoms with E-state index < -0.39 is 12.0 Å². The van der Waals surface area contributed by atoms with Gasteiger partial charge in [-0.25, -0.2) is 0 Å². The van der Waals surface area contributed by atoms with Gasteiger partial charge in [-0.05, 0) is 26.3 Å². The molecule has 2 unspecified atom stereocenters. The molecule has 0 aromatic carbocycles. The largest absolute Gasteiger partial charge is 0.480 e. The lowest BCUT2D eigenvalue weighted by molar-refractivity contribution is -0.143. The van der Waals surface area contributed by atoms with Crippen LogP contribution in [0, 0.1) is 5.92 Å². The number of rotatable bonds is 9. The number of ether oxygens (including phenoxy) is 1. The van der Waals surface area contributed by atoms with Gasteiger partial charge in [-0.15, -0.1) is 12.4 Å². The lowest BCUT2D eigenvalue weighted by Gasteiger charge is -2.21. The second kappa shape index (κ2) is 9.76. The van der Waals surface area contributed by atoms with Gasteiger partial charge in [0, 0.05) is 6.61 Å². The molecule has 0 spiro atoms. The third kappa shape index (κ3) is 6.29.